The van der Waals surface area contributed by atoms with Crippen LogP contribution in [0.15, 0.2) is 18.2 Å². The van der Waals surface area contributed by atoms with E-state index < -0.39 is 0 Å². The number of nitrogens with one attached hydrogen (secondary N) is 1. The summed E-state index contributed by atoms with van der Waals surface area (Å²) in [6.07, 6.45) is 0.970. The van der Waals surface area contributed by atoms with Crippen molar-refractivity contribution in [2.24, 2.45) is 0 Å². The Hall–Kier alpha value is -1.06. The molecular weight excluding hydrogens is 224 g/mol. The summed E-state index contributed by atoms with van der Waals surface area (Å²) >= 11 is 6.07. The highest BCUT2D eigenvalue weighted by molar-refractivity contribution is 6.31. The Bertz CT molecular complexity index is 406. The SMILES string of the molecule is Cc1c(Cl)cccc1N1CCCNCC1=O. The molecule has 1 saturated heterocycles. The van der Waals surface area contributed by atoms with Crippen molar-refractivity contribution in [3.05, 3.63) is 28.8 Å². The number of carbonyl (C=O) groups excluding carboxylic acids is 1. The first-order valence-electron chi connectivity index (χ1n) is 5.46. The molecule has 3 nitrogen and oxygen atoms in total. The standard InChI is InChI=1S/C12H15ClN2O/c1-9-10(13)4-2-5-11(9)15-7-3-6-14-8-12(15)16/h2,4-5,14H,3,6-8H2,1H3. The fourth-order valence-corrected chi connectivity index (χ4v) is 2.09. The van der Waals surface area contributed by atoms with Gasteiger partial charge in [0.2, 0.25) is 5.91 Å². The summed E-state index contributed by atoms with van der Waals surface area (Å²) in [5, 5.41) is 3.82. The molecule has 1 fully saturated rings. The molecule has 1 aromatic carbocycles. The summed E-state index contributed by atoms with van der Waals surface area (Å²) in [5.41, 5.74) is 1.90. The molecule has 0 bridgehead atoms. The maximum Gasteiger partial charge on any atom is 0.240 e. The van der Waals surface area contributed by atoms with Crippen molar-refractivity contribution in [2.75, 3.05) is 24.5 Å². The van der Waals surface area contributed by atoms with E-state index in [1.807, 2.05) is 30.0 Å². The van der Waals surface area contributed by atoms with Crippen LogP contribution in [0, 0.1) is 6.92 Å². The number of hydrogen-bond donors (Lipinski definition) is 1. The van der Waals surface area contributed by atoms with Crippen molar-refractivity contribution in [2.45, 2.75) is 13.3 Å². The van der Waals surface area contributed by atoms with Gasteiger partial charge in [-0.3, -0.25) is 4.79 Å². The molecular formula is C12H15ClN2O. The van der Waals surface area contributed by atoms with Crippen molar-refractivity contribution in [1.29, 1.82) is 0 Å². The molecule has 0 aromatic heterocycles. The molecule has 2 rings (SSSR count). The average Bonchev–Trinajstić information content (AvgIpc) is 2.47. The first-order valence-corrected chi connectivity index (χ1v) is 5.84. The van der Waals surface area contributed by atoms with Crippen LogP contribution in [0.5, 0.6) is 0 Å². The minimum absolute atomic E-state index is 0.114. The summed E-state index contributed by atoms with van der Waals surface area (Å²) in [4.78, 5) is 13.7. The lowest BCUT2D eigenvalue weighted by Gasteiger charge is -2.22. The second-order valence-electron chi connectivity index (χ2n) is 3.96. The Labute approximate surface area is 100 Å². The Morgan fingerprint density at radius 2 is 2.25 bits per heavy atom. The molecule has 1 amide bonds. The van der Waals surface area contributed by atoms with Crippen LogP contribution in [-0.4, -0.2) is 25.5 Å². The molecule has 0 radical (unpaired) electrons. The molecule has 0 atom stereocenters. The zero-order chi connectivity index (χ0) is 11.5. The van der Waals surface area contributed by atoms with Gasteiger partial charge in [-0.15, -0.1) is 0 Å². The molecule has 16 heavy (non-hydrogen) atoms. The first kappa shape index (κ1) is 11.4. The summed E-state index contributed by atoms with van der Waals surface area (Å²) in [7, 11) is 0. The topological polar surface area (TPSA) is 32.3 Å². The average molecular weight is 239 g/mol. The van der Waals surface area contributed by atoms with E-state index >= 15 is 0 Å². The molecule has 1 aromatic rings. The van der Waals surface area contributed by atoms with Crippen LogP contribution in [0.4, 0.5) is 5.69 Å². The van der Waals surface area contributed by atoms with Gasteiger partial charge in [-0.2, -0.15) is 0 Å². The van der Waals surface area contributed by atoms with Crippen molar-refractivity contribution in [3.63, 3.8) is 0 Å². The van der Waals surface area contributed by atoms with E-state index in [-0.39, 0.29) is 5.91 Å². The normalized spacial score (nSPS) is 17.4. The number of anilines is 1. The molecule has 1 aliphatic rings. The van der Waals surface area contributed by atoms with Gasteiger partial charge in [-0.05, 0) is 37.6 Å². The smallest absolute Gasteiger partial charge is 0.240 e. The molecule has 0 unspecified atom stereocenters. The maximum atomic E-state index is 11.9. The van der Waals surface area contributed by atoms with E-state index in [0.29, 0.717) is 11.6 Å². The van der Waals surface area contributed by atoms with Crippen LogP contribution >= 0.6 is 11.6 Å². The molecule has 86 valence electrons. The highest BCUT2D eigenvalue weighted by Crippen LogP contribution is 2.27. The van der Waals surface area contributed by atoms with E-state index in [0.717, 1.165) is 30.8 Å². The number of benzene rings is 1. The Morgan fingerprint density at radius 3 is 3.06 bits per heavy atom. The Balaban J connectivity index is 2.34. The second kappa shape index (κ2) is 4.85. The van der Waals surface area contributed by atoms with Crippen LogP contribution in [-0.2, 0) is 4.79 Å². The van der Waals surface area contributed by atoms with Gasteiger partial charge in [0, 0.05) is 17.3 Å². The third-order valence-electron chi connectivity index (χ3n) is 2.84. The lowest BCUT2D eigenvalue weighted by atomic mass is 10.1. The number of nitrogens with zero attached hydrogens (tertiary/aromatic N) is 1. The fourth-order valence-electron chi connectivity index (χ4n) is 1.92. The zero-order valence-electron chi connectivity index (χ0n) is 9.29. The lowest BCUT2D eigenvalue weighted by molar-refractivity contribution is -0.117. The van der Waals surface area contributed by atoms with Gasteiger partial charge in [0.05, 0.1) is 6.54 Å². The van der Waals surface area contributed by atoms with Crippen LogP contribution in [0.3, 0.4) is 0 Å². The number of rotatable bonds is 1. The van der Waals surface area contributed by atoms with Gasteiger partial charge >= 0.3 is 0 Å². The highest BCUT2D eigenvalue weighted by atomic mass is 35.5. The summed E-state index contributed by atoms with van der Waals surface area (Å²) < 4.78 is 0. The van der Waals surface area contributed by atoms with E-state index in [1.54, 1.807) is 0 Å². The molecule has 4 heteroatoms. The minimum atomic E-state index is 0.114. The highest BCUT2D eigenvalue weighted by Gasteiger charge is 2.19. The third kappa shape index (κ3) is 2.20. The molecule has 0 aliphatic carbocycles. The predicted molar refractivity (Wildman–Crippen MR) is 66.0 cm³/mol. The van der Waals surface area contributed by atoms with Gasteiger partial charge in [0.15, 0.2) is 0 Å². The second-order valence-corrected chi connectivity index (χ2v) is 4.37. The van der Waals surface area contributed by atoms with Crippen LogP contribution in [0.2, 0.25) is 5.02 Å². The van der Waals surface area contributed by atoms with E-state index in [9.17, 15) is 4.79 Å². The number of hydrogen-bond acceptors (Lipinski definition) is 2. The van der Waals surface area contributed by atoms with Gasteiger partial charge in [0.25, 0.3) is 0 Å². The summed E-state index contributed by atoms with van der Waals surface area (Å²) in [6.45, 7) is 4.00. The van der Waals surface area contributed by atoms with E-state index in [4.69, 9.17) is 11.6 Å². The molecule has 0 spiro atoms. The van der Waals surface area contributed by atoms with Crippen molar-refractivity contribution in [1.82, 2.24) is 5.32 Å². The lowest BCUT2D eigenvalue weighted by Crippen LogP contribution is -2.35. The molecule has 1 aliphatic heterocycles. The molecule has 1 heterocycles. The first-order chi connectivity index (χ1) is 7.70. The summed E-state index contributed by atoms with van der Waals surface area (Å²) in [5.74, 6) is 0.114. The fraction of sp³-hybridized carbons (Fsp3) is 0.417. The van der Waals surface area contributed by atoms with Gasteiger partial charge in [-0.25, -0.2) is 0 Å². The molecule has 0 saturated carbocycles. The third-order valence-corrected chi connectivity index (χ3v) is 3.25. The number of halogens is 1. The van der Waals surface area contributed by atoms with Crippen LogP contribution in [0.25, 0.3) is 0 Å². The van der Waals surface area contributed by atoms with Gasteiger partial charge in [0.1, 0.15) is 0 Å². The number of carbonyl (C=O) groups is 1. The van der Waals surface area contributed by atoms with Crippen molar-refractivity contribution >= 4 is 23.2 Å². The minimum Gasteiger partial charge on any atom is -0.311 e. The Morgan fingerprint density at radius 1 is 1.44 bits per heavy atom. The maximum absolute atomic E-state index is 11.9. The van der Waals surface area contributed by atoms with Gasteiger partial charge in [-0.1, -0.05) is 17.7 Å². The zero-order valence-corrected chi connectivity index (χ0v) is 10.0. The van der Waals surface area contributed by atoms with E-state index in [1.165, 1.54) is 0 Å². The molecule has 1 N–H and O–H groups in total. The summed E-state index contributed by atoms with van der Waals surface area (Å²) in [6, 6.07) is 5.68. The van der Waals surface area contributed by atoms with Crippen molar-refractivity contribution in [3.8, 4) is 0 Å². The number of amides is 1. The van der Waals surface area contributed by atoms with Crippen molar-refractivity contribution < 1.29 is 4.79 Å². The Kier molecular flexibility index (Phi) is 3.46. The van der Waals surface area contributed by atoms with Gasteiger partial charge < -0.3 is 10.2 Å². The quantitative estimate of drug-likeness (QED) is 0.812. The van der Waals surface area contributed by atoms with Crippen LogP contribution in [0.1, 0.15) is 12.0 Å². The van der Waals surface area contributed by atoms with E-state index in [2.05, 4.69) is 5.32 Å². The monoisotopic (exact) mass is 238 g/mol. The largest absolute Gasteiger partial charge is 0.311 e. The van der Waals surface area contributed by atoms with Crippen LogP contribution < -0.4 is 10.2 Å². The predicted octanol–water partition coefficient (Wildman–Crippen LogP) is 1.97.